The Balaban J connectivity index is 0.00000289. The molecule has 2 aromatic rings. The van der Waals surface area contributed by atoms with Crippen molar-refractivity contribution in [3.05, 3.63) is 47.0 Å². The minimum absolute atomic E-state index is 0. The Morgan fingerprint density at radius 2 is 2.09 bits per heavy atom. The van der Waals surface area contributed by atoms with Crippen LogP contribution in [-0.4, -0.2) is 47.5 Å². The first kappa shape index (κ1) is 25.0. The molecule has 1 aromatic heterocycles. The Hall–Kier alpha value is -1.68. The van der Waals surface area contributed by atoms with E-state index in [2.05, 4.69) is 56.9 Å². The highest BCUT2D eigenvalue weighted by molar-refractivity contribution is 14.0. The fourth-order valence-corrected chi connectivity index (χ4v) is 5.08. The second-order valence-electron chi connectivity index (χ2n) is 9.08. The summed E-state index contributed by atoms with van der Waals surface area (Å²) in [5, 5.41) is 11.9. The van der Waals surface area contributed by atoms with E-state index in [1.165, 1.54) is 43.2 Å². The van der Waals surface area contributed by atoms with Crippen LogP contribution < -0.4 is 10.6 Å². The van der Waals surface area contributed by atoms with Gasteiger partial charge in [-0.25, -0.2) is 9.67 Å². The maximum absolute atomic E-state index is 5.17. The smallest absolute Gasteiger partial charge is 0.191 e. The lowest BCUT2D eigenvalue weighted by Crippen LogP contribution is -2.51. The molecular formula is C24H37IN6O. The topological polar surface area (TPSA) is 76.4 Å². The first-order valence-corrected chi connectivity index (χ1v) is 11.6. The second kappa shape index (κ2) is 11.4. The molecule has 0 amide bonds. The van der Waals surface area contributed by atoms with Gasteiger partial charge in [-0.2, -0.15) is 5.10 Å². The lowest BCUT2D eigenvalue weighted by Gasteiger charge is -2.39. The Kier molecular flexibility index (Phi) is 8.93. The Labute approximate surface area is 208 Å². The van der Waals surface area contributed by atoms with Crippen LogP contribution in [0.1, 0.15) is 61.3 Å². The molecule has 2 aliphatic rings. The van der Waals surface area contributed by atoms with Crippen molar-refractivity contribution in [3.63, 3.8) is 0 Å². The molecule has 1 fully saturated rings. The van der Waals surface area contributed by atoms with Crippen LogP contribution in [0.5, 0.6) is 0 Å². The molecule has 2 heterocycles. The van der Waals surface area contributed by atoms with Gasteiger partial charge >= 0.3 is 0 Å². The van der Waals surface area contributed by atoms with E-state index in [9.17, 15) is 0 Å². The first-order valence-electron chi connectivity index (χ1n) is 11.6. The van der Waals surface area contributed by atoms with Gasteiger partial charge in [-0.15, -0.1) is 24.0 Å². The fourth-order valence-electron chi connectivity index (χ4n) is 5.08. The van der Waals surface area contributed by atoms with Gasteiger partial charge in [0, 0.05) is 38.6 Å². The Morgan fingerprint density at radius 3 is 2.81 bits per heavy atom. The van der Waals surface area contributed by atoms with Crippen molar-refractivity contribution in [1.29, 1.82) is 0 Å². The average Bonchev–Trinajstić information content (AvgIpc) is 3.19. The van der Waals surface area contributed by atoms with Crippen LogP contribution in [0.3, 0.4) is 0 Å². The lowest BCUT2D eigenvalue weighted by molar-refractivity contribution is 0.177. The Bertz CT molecular complexity index is 906. The van der Waals surface area contributed by atoms with Gasteiger partial charge in [-0.05, 0) is 31.7 Å². The molecule has 1 aliphatic carbocycles. The van der Waals surface area contributed by atoms with Crippen molar-refractivity contribution < 1.29 is 4.74 Å². The van der Waals surface area contributed by atoms with E-state index in [1.807, 2.05) is 11.7 Å². The van der Waals surface area contributed by atoms with Crippen molar-refractivity contribution in [1.82, 2.24) is 25.4 Å². The largest absolute Gasteiger partial charge is 0.377 e. The van der Waals surface area contributed by atoms with Gasteiger partial charge in [0.1, 0.15) is 12.4 Å². The molecule has 1 aliphatic heterocycles. The summed E-state index contributed by atoms with van der Waals surface area (Å²) in [5.74, 6) is 2.69. The van der Waals surface area contributed by atoms with Gasteiger partial charge in [-0.3, -0.25) is 4.99 Å². The van der Waals surface area contributed by atoms with E-state index in [-0.39, 0.29) is 35.4 Å². The van der Waals surface area contributed by atoms with Crippen molar-refractivity contribution >= 4 is 29.9 Å². The van der Waals surface area contributed by atoms with Crippen molar-refractivity contribution in [3.8, 4) is 0 Å². The predicted molar refractivity (Wildman–Crippen MR) is 139 cm³/mol. The number of hydrogen-bond acceptors (Lipinski definition) is 4. The molecule has 176 valence electrons. The zero-order chi connectivity index (χ0) is 21.7. The van der Waals surface area contributed by atoms with E-state index < -0.39 is 0 Å². The molecule has 32 heavy (non-hydrogen) atoms. The summed E-state index contributed by atoms with van der Waals surface area (Å²) in [6.07, 6.45) is 8.33. The van der Waals surface area contributed by atoms with Crippen LogP contribution in [-0.2, 0) is 29.7 Å². The van der Waals surface area contributed by atoms with E-state index in [0.29, 0.717) is 6.61 Å². The van der Waals surface area contributed by atoms with E-state index >= 15 is 0 Å². The molecule has 0 spiro atoms. The van der Waals surface area contributed by atoms with Gasteiger partial charge in [0.2, 0.25) is 0 Å². The number of hydrogen-bond donors (Lipinski definition) is 2. The van der Waals surface area contributed by atoms with E-state index in [4.69, 9.17) is 4.74 Å². The fraction of sp³-hybridized carbons (Fsp3) is 0.625. The predicted octanol–water partition coefficient (Wildman–Crippen LogP) is 3.73. The maximum atomic E-state index is 5.17. The number of halogens is 1. The normalized spacial score (nSPS) is 20.2. The Morgan fingerprint density at radius 1 is 1.28 bits per heavy atom. The third kappa shape index (κ3) is 5.81. The molecule has 1 saturated carbocycles. The monoisotopic (exact) mass is 552 g/mol. The van der Waals surface area contributed by atoms with Crippen LogP contribution in [0.4, 0.5) is 0 Å². The van der Waals surface area contributed by atoms with Crippen LogP contribution in [0, 0.1) is 6.92 Å². The van der Waals surface area contributed by atoms with Gasteiger partial charge in [-0.1, -0.05) is 49.1 Å². The summed E-state index contributed by atoms with van der Waals surface area (Å²) < 4.78 is 7.19. The molecule has 4 rings (SSSR count). The molecule has 1 aromatic carbocycles. The zero-order valence-electron chi connectivity index (χ0n) is 19.6. The average molecular weight is 553 g/mol. The van der Waals surface area contributed by atoms with Crippen molar-refractivity contribution in [2.45, 2.75) is 76.5 Å². The van der Waals surface area contributed by atoms with Crippen molar-refractivity contribution in [2.24, 2.45) is 4.99 Å². The number of nitrogens with zero attached hydrogens (tertiary/aromatic N) is 4. The molecule has 0 saturated heterocycles. The molecule has 0 radical (unpaired) electrons. The number of fused-ring (bicyclic) bond motifs is 1. The minimum atomic E-state index is 0. The highest BCUT2D eigenvalue weighted by atomic mass is 127. The number of nitrogens with one attached hydrogen (secondary N) is 2. The van der Waals surface area contributed by atoms with Crippen LogP contribution in [0.2, 0.25) is 0 Å². The number of benzene rings is 1. The molecule has 0 bridgehead atoms. The molecule has 1 atom stereocenters. The van der Waals surface area contributed by atoms with E-state index in [1.54, 1.807) is 7.11 Å². The quantitative estimate of drug-likeness (QED) is 0.325. The summed E-state index contributed by atoms with van der Waals surface area (Å²) >= 11 is 0. The molecule has 7 nitrogen and oxygen atoms in total. The number of ether oxygens (including phenoxy) is 1. The zero-order valence-corrected chi connectivity index (χ0v) is 21.9. The lowest BCUT2D eigenvalue weighted by atomic mass is 9.69. The van der Waals surface area contributed by atoms with Gasteiger partial charge in [0.15, 0.2) is 11.8 Å². The minimum Gasteiger partial charge on any atom is -0.377 e. The number of methoxy groups -OCH3 is 1. The molecular weight excluding hydrogens is 515 g/mol. The molecule has 8 heteroatoms. The summed E-state index contributed by atoms with van der Waals surface area (Å²) in [4.78, 5) is 9.10. The van der Waals surface area contributed by atoms with Crippen LogP contribution >= 0.6 is 24.0 Å². The third-order valence-electron chi connectivity index (χ3n) is 6.78. The highest BCUT2D eigenvalue weighted by Crippen LogP contribution is 2.39. The second-order valence-corrected chi connectivity index (χ2v) is 9.08. The van der Waals surface area contributed by atoms with Gasteiger partial charge < -0.3 is 15.4 Å². The van der Waals surface area contributed by atoms with Gasteiger partial charge in [0.25, 0.3) is 0 Å². The summed E-state index contributed by atoms with van der Waals surface area (Å²) in [6, 6.07) is 9.35. The highest BCUT2D eigenvalue weighted by Gasteiger charge is 2.34. The summed E-state index contributed by atoms with van der Waals surface area (Å²) in [5.41, 5.74) is 2.98. The SMILES string of the molecule is CN=C(NCC1(c2cccc(C)c2)CCCCC1)NC1CCc2nc(COC)nn2C1.I. The number of aliphatic imine (C=N–C) groups is 1. The number of aromatic nitrogens is 3. The molecule has 2 N–H and O–H groups in total. The summed E-state index contributed by atoms with van der Waals surface area (Å²) in [7, 11) is 3.53. The first-order chi connectivity index (χ1) is 15.1. The van der Waals surface area contributed by atoms with Crippen molar-refractivity contribution in [2.75, 3.05) is 20.7 Å². The standard InChI is InChI=1S/C24H36N6O.HI/c1-18-8-7-9-19(14-18)24(12-5-4-6-13-24)17-26-23(25-2)27-20-10-11-22-28-21(16-31-3)29-30(22)15-20;/h7-9,14,20H,4-6,10-13,15-17H2,1-3H3,(H2,25,26,27);1H. The maximum Gasteiger partial charge on any atom is 0.191 e. The number of aryl methyl sites for hydroxylation is 2. The number of guanidine groups is 1. The van der Waals surface area contributed by atoms with Crippen LogP contribution in [0.15, 0.2) is 29.3 Å². The van der Waals surface area contributed by atoms with Gasteiger partial charge in [0.05, 0.1) is 6.54 Å². The van der Waals surface area contributed by atoms with Crippen LogP contribution in [0.25, 0.3) is 0 Å². The third-order valence-corrected chi connectivity index (χ3v) is 6.78. The van der Waals surface area contributed by atoms with E-state index in [0.717, 1.165) is 43.5 Å². The summed E-state index contributed by atoms with van der Waals surface area (Å²) in [6.45, 7) is 4.36. The molecule has 1 unspecified atom stereocenters. The number of rotatable bonds is 6.